The Bertz CT molecular complexity index is 1570. The first-order valence-electron chi connectivity index (χ1n) is 14.5. The van der Waals surface area contributed by atoms with Crippen molar-refractivity contribution in [3.05, 3.63) is 64.3 Å². The van der Waals surface area contributed by atoms with Crippen LogP contribution in [0.3, 0.4) is 0 Å². The lowest BCUT2D eigenvalue weighted by molar-refractivity contribution is -1.08. The van der Waals surface area contributed by atoms with Gasteiger partial charge in [-0.2, -0.15) is 0 Å². The van der Waals surface area contributed by atoms with Crippen molar-refractivity contribution >= 4 is 29.0 Å². The van der Waals surface area contributed by atoms with Gasteiger partial charge >= 0.3 is 0 Å². The average Bonchev–Trinajstić information content (AvgIpc) is 3.41. The molecule has 2 aromatic carbocycles. The number of fused-ring (bicyclic) bond motifs is 7. The Balaban J connectivity index is 1.16. The number of carboxylic acids is 1. The minimum Gasteiger partial charge on any atom is -0.543 e. The molecular weight excluding hydrogens is 522 g/mol. The zero-order valence-corrected chi connectivity index (χ0v) is 23.4. The minimum atomic E-state index is -1.43. The van der Waals surface area contributed by atoms with Crippen molar-refractivity contribution < 1.29 is 38.4 Å². The lowest BCUT2D eigenvalue weighted by atomic mass is 9.82. The van der Waals surface area contributed by atoms with Crippen LogP contribution >= 0.6 is 0 Å². The third-order valence-electron chi connectivity index (χ3n) is 10.4. The molecule has 41 heavy (non-hydrogen) atoms. The zero-order valence-electron chi connectivity index (χ0n) is 23.4. The van der Waals surface area contributed by atoms with Crippen LogP contribution in [0.2, 0.25) is 0 Å². The van der Waals surface area contributed by atoms with E-state index in [9.17, 15) is 29.4 Å². The summed E-state index contributed by atoms with van der Waals surface area (Å²) < 4.78 is 1.94. The van der Waals surface area contributed by atoms with Crippen LogP contribution in [0.25, 0.3) is 16.7 Å². The maximum Gasteiger partial charge on any atom is 0.235 e. The van der Waals surface area contributed by atoms with Crippen LogP contribution < -0.4 is 5.11 Å². The van der Waals surface area contributed by atoms with E-state index in [-0.39, 0.29) is 17.3 Å². The van der Waals surface area contributed by atoms with Crippen molar-refractivity contribution in [2.75, 3.05) is 45.8 Å². The SMILES string of the molecule is CC(=O)C[N+]12CC[N+](Cc3ccc4c(c3)-c3ccc(C5=C(C(=O)[O-])N6C(=O)[C@H]([C@@H](C)O)[C@H]6C5)cc3C4=O)(CC1)CC2. The topological polar surface area (TPSA) is 115 Å². The second-order valence-electron chi connectivity index (χ2n) is 12.9. The standard InChI is InChI=1S/C32H34N3O6/c1-18(36)16-34-7-10-35(11-8-34,12-9-34)17-20-3-5-23-25(13-20)22-6-4-21(14-26(22)30(23)38)24-15-27-28(19(2)37)31(39)33(27)29(24)32(40)41/h3-6,13-14,19,27-28,37H,7-12,15-17H2,1-2H3/q+1/t19-,27-,28-,34?,35?/m1/s1. The second-order valence-corrected chi connectivity index (χ2v) is 12.9. The molecule has 2 aromatic rings. The number of carboxylic acid groups (broad SMARTS) is 1. The van der Waals surface area contributed by atoms with E-state index in [1.165, 1.54) is 17.4 Å². The zero-order chi connectivity index (χ0) is 28.8. The number of hydrogen-bond donors (Lipinski definition) is 1. The van der Waals surface area contributed by atoms with Gasteiger partial charge in [-0.3, -0.25) is 14.4 Å². The van der Waals surface area contributed by atoms with Gasteiger partial charge < -0.3 is 28.9 Å². The van der Waals surface area contributed by atoms with E-state index in [0.717, 1.165) is 65.9 Å². The van der Waals surface area contributed by atoms with Crippen LogP contribution in [-0.4, -0.2) is 100 Å². The number of rotatable bonds is 7. The van der Waals surface area contributed by atoms with Gasteiger partial charge in [-0.1, -0.05) is 18.2 Å². The number of amides is 1. The van der Waals surface area contributed by atoms with E-state index in [1.807, 2.05) is 18.2 Å². The van der Waals surface area contributed by atoms with Crippen LogP contribution in [0.4, 0.5) is 0 Å². The molecule has 212 valence electrons. The van der Waals surface area contributed by atoms with E-state index in [0.29, 0.717) is 35.2 Å². The highest BCUT2D eigenvalue weighted by Gasteiger charge is 2.55. The Morgan fingerprint density at radius 3 is 2.24 bits per heavy atom. The normalized spacial score (nSPS) is 30.2. The molecule has 0 radical (unpaired) electrons. The maximum atomic E-state index is 13.5. The van der Waals surface area contributed by atoms with Crippen molar-refractivity contribution in [3.8, 4) is 11.1 Å². The number of carbonyl (C=O) groups is 4. The van der Waals surface area contributed by atoms with Gasteiger partial charge in [0, 0.05) is 23.6 Å². The first kappa shape index (κ1) is 26.3. The number of quaternary nitrogens is 2. The summed E-state index contributed by atoms with van der Waals surface area (Å²) in [5, 5.41) is 22.1. The first-order valence-corrected chi connectivity index (χ1v) is 14.5. The van der Waals surface area contributed by atoms with Crippen molar-refractivity contribution in [1.82, 2.24) is 4.90 Å². The first-order chi connectivity index (χ1) is 19.5. The predicted octanol–water partition coefficient (Wildman–Crippen LogP) is 0.720. The number of β-lactam (4-membered cyclic amide) rings is 1. The minimum absolute atomic E-state index is 0.0903. The highest BCUT2D eigenvalue weighted by molar-refractivity contribution is 6.22. The van der Waals surface area contributed by atoms with E-state index < -0.39 is 29.9 Å². The number of ketones is 2. The summed E-state index contributed by atoms with van der Waals surface area (Å²) >= 11 is 0. The second kappa shape index (κ2) is 8.92. The molecule has 5 heterocycles. The largest absolute Gasteiger partial charge is 0.543 e. The lowest BCUT2D eigenvalue weighted by Crippen LogP contribution is -2.75. The molecule has 0 aromatic heterocycles. The summed E-state index contributed by atoms with van der Waals surface area (Å²) in [6.07, 6.45) is -0.583. The average molecular weight is 557 g/mol. The quantitative estimate of drug-likeness (QED) is 0.339. The van der Waals surface area contributed by atoms with Gasteiger partial charge in [-0.05, 0) is 53.8 Å². The molecule has 3 atom stereocenters. The van der Waals surface area contributed by atoms with Crippen molar-refractivity contribution in [1.29, 1.82) is 0 Å². The summed E-state index contributed by atoms with van der Waals surface area (Å²) in [7, 11) is 0. The third-order valence-corrected chi connectivity index (χ3v) is 10.4. The summed E-state index contributed by atoms with van der Waals surface area (Å²) in [6, 6.07) is 11.1. The van der Waals surface area contributed by atoms with Crippen LogP contribution in [-0.2, 0) is 20.9 Å². The molecule has 6 aliphatic rings. The summed E-state index contributed by atoms with van der Waals surface area (Å²) in [6.45, 7) is 11.0. The number of benzene rings is 2. The molecule has 9 heteroatoms. The molecule has 4 fully saturated rings. The molecule has 0 unspecified atom stereocenters. The fourth-order valence-corrected chi connectivity index (χ4v) is 8.20. The molecule has 9 nitrogen and oxygen atoms in total. The predicted molar refractivity (Wildman–Crippen MR) is 147 cm³/mol. The van der Waals surface area contributed by atoms with Gasteiger partial charge in [0.15, 0.2) is 11.6 Å². The molecule has 0 saturated carbocycles. The fourth-order valence-electron chi connectivity index (χ4n) is 8.20. The number of nitrogens with zero attached hydrogens (tertiary/aromatic N) is 3. The monoisotopic (exact) mass is 556 g/mol. The lowest BCUT2D eigenvalue weighted by Gasteiger charge is -2.55. The summed E-state index contributed by atoms with van der Waals surface area (Å²) in [5.41, 5.74) is 4.98. The molecule has 1 aliphatic carbocycles. The van der Waals surface area contributed by atoms with Crippen LogP contribution in [0.15, 0.2) is 42.1 Å². The van der Waals surface area contributed by atoms with E-state index in [1.54, 1.807) is 13.0 Å². The summed E-state index contributed by atoms with van der Waals surface area (Å²) in [4.78, 5) is 51.2. The molecule has 2 bridgehead atoms. The van der Waals surface area contributed by atoms with Gasteiger partial charge in [0.25, 0.3) is 0 Å². The van der Waals surface area contributed by atoms with Gasteiger partial charge in [0.2, 0.25) is 5.91 Å². The Morgan fingerprint density at radius 2 is 1.61 bits per heavy atom. The molecule has 8 rings (SSSR count). The smallest absolute Gasteiger partial charge is 0.235 e. The summed E-state index contributed by atoms with van der Waals surface area (Å²) in [5.74, 6) is -2.31. The van der Waals surface area contributed by atoms with Crippen LogP contribution in [0, 0.1) is 5.92 Å². The van der Waals surface area contributed by atoms with Crippen LogP contribution in [0.1, 0.15) is 47.3 Å². The number of piperazine rings is 3. The van der Waals surface area contributed by atoms with Crippen molar-refractivity contribution in [2.24, 2.45) is 5.92 Å². The molecule has 0 spiro atoms. The Labute approximate surface area is 238 Å². The molecule has 4 saturated heterocycles. The third kappa shape index (κ3) is 3.86. The van der Waals surface area contributed by atoms with Gasteiger partial charge in [0.1, 0.15) is 52.4 Å². The molecular formula is C32H34N3O6+. The van der Waals surface area contributed by atoms with E-state index in [4.69, 9.17) is 0 Å². The molecule has 5 aliphatic heterocycles. The van der Waals surface area contributed by atoms with E-state index >= 15 is 0 Å². The van der Waals surface area contributed by atoms with Crippen molar-refractivity contribution in [2.45, 2.75) is 39.0 Å². The number of aliphatic hydroxyl groups excluding tert-OH is 1. The number of aliphatic carboxylic acids is 1. The number of aliphatic hydroxyl groups is 1. The van der Waals surface area contributed by atoms with Gasteiger partial charge in [-0.15, -0.1) is 0 Å². The number of carbonyl (C=O) groups excluding carboxylic acids is 4. The Hall–Kier alpha value is -3.66. The highest BCUT2D eigenvalue weighted by atomic mass is 16.4. The van der Waals surface area contributed by atoms with Gasteiger partial charge in [0.05, 0.1) is 29.7 Å². The fraction of sp³-hybridized carbons (Fsp3) is 0.438. The Kier molecular flexibility index (Phi) is 5.71. The van der Waals surface area contributed by atoms with Crippen LogP contribution in [0.5, 0.6) is 0 Å². The number of hydrogen-bond acceptors (Lipinski definition) is 6. The van der Waals surface area contributed by atoms with E-state index in [2.05, 4.69) is 12.1 Å². The number of Topliss-reactive ketones (excluding diaryl/α,β-unsaturated/α-hetero) is 1. The maximum absolute atomic E-state index is 13.5. The molecule has 1 N–H and O–H groups in total. The van der Waals surface area contributed by atoms with Crippen molar-refractivity contribution in [3.63, 3.8) is 0 Å². The van der Waals surface area contributed by atoms with Gasteiger partial charge in [-0.25, -0.2) is 0 Å². The molecule has 1 amide bonds. The highest BCUT2D eigenvalue weighted by Crippen LogP contribution is 2.48. The Morgan fingerprint density at radius 1 is 0.951 bits per heavy atom.